The number of primary amides is 1. The molecule has 0 aromatic rings. The highest BCUT2D eigenvalue weighted by Gasteiger charge is 2.22. The van der Waals surface area contributed by atoms with Gasteiger partial charge in [-0.15, -0.1) is 0 Å². The molecule has 0 saturated carbocycles. The smallest absolute Gasteiger partial charge is 0.409 e. The Hall–Kier alpha value is -1.46. The molecule has 3 amide bonds. The fourth-order valence-electron chi connectivity index (χ4n) is 1.52. The van der Waals surface area contributed by atoms with Gasteiger partial charge in [0, 0.05) is 12.6 Å². The molecule has 0 aromatic carbocycles. The molecule has 0 radical (unpaired) electrons. The van der Waals surface area contributed by atoms with Crippen molar-refractivity contribution in [3.8, 4) is 0 Å². The van der Waals surface area contributed by atoms with Crippen LogP contribution >= 0.6 is 0 Å². The van der Waals surface area contributed by atoms with Gasteiger partial charge in [-0.05, 0) is 12.8 Å². The molecule has 0 aromatic heterocycles. The number of hydrogen-bond acceptors (Lipinski definition) is 3. The van der Waals surface area contributed by atoms with Crippen LogP contribution in [0.25, 0.3) is 0 Å². The van der Waals surface area contributed by atoms with Gasteiger partial charge in [-0.2, -0.15) is 0 Å². The second kappa shape index (κ2) is 5.43. The highest BCUT2D eigenvalue weighted by Crippen LogP contribution is 2.06. The maximum Gasteiger partial charge on any atom is 0.409 e. The molecular weight excluding hydrogens is 198 g/mol. The average Bonchev–Trinajstić information content (AvgIpc) is 2.58. The summed E-state index contributed by atoms with van der Waals surface area (Å²) in [7, 11) is 0. The van der Waals surface area contributed by atoms with E-state index in [0.29, 0.717) is 26.1 Å². The molecular formula is C9H17N3O3. The monoisotopic (exact) mass is 215 g/mol. The Morgan fingerprint density at radius 2 is 2.47 bits per heavy atom. The summed E-state index contributed by atoms with van der Waals surface area (Å²) >= 11 is 0. The van der Waals surface area contributed by atoms with Crippen LogP contribution < -0.4 is 11.1 Å². The Bertz CT molecular complexity index is 245. The molecule has 1 aliphatic rings. The molecule has 1 rings (SSSR count). The van der Waals surface area contributed by atoms with Gasteiger partial charge >= 0.3 is 12.1 Å². The van der Waals surface area contributed by atoms with Gasteiger partial charge in [0.05, 0.1) is 6.54 Å². The minimum atomic E-state index is -0.522. The molecule has 1 unspecified atom stereocenters. The van der Waals surface area contributed by atoms with Gasteiger partial charge in [0.1, 0.15) is 6.61 Å². The molecule has 1 saturated heterocycles. The summed E-state index contributed by atoms with van der Waals surface area (Å²) < 4.78 is 4.79. The van der Waals surface area contributed by atoms with Crippen LogP contribution in [0.3, 0.4) is 0 Å². The van der Waals surface area contributed by atoms with E-state index < -0.39 is 6.03 Å². The Morgan fingerprint density at radius 3 is 2.93 bits per heavy atom. The number of amides is 3. The van der Waals surface area contributed by atoms with Crippen LogP contribution in [-0.2, 0) is 4.74 Å². The number of carbonyl (C=O) groups excluding carboxylic acids is 2. The summed E-state index contributed by atoms with van der Waals surface area (Å²) in [5.74, 6) is 0. The standard InChI is InChI=1S/C9H17N3O3/c1-2-7(11-8(10)13)3-4-12-5-6-15-9(12)14/h7H,2-6H2,1H3,(H3,10,11,13). The van der Waals surface area contributed by atoms with Crippen molar-refractivity contribution in [3.63, 3.8) is 0 Å². The summed E-state index contributed by atoms with van der Waals surface area (Å²) in [6, 6.07) is -0.498. The van der Waals surface area contributed by atoms with Crippen molar-refractivity contribution in [2.45, 2.75) is 25.8 Å². The molecule has 6 nitrogen and oxygen atoms in total. The van der Waals surface area contributed by atoms with Gasteiger partial charge in [0.15, 0.2) is 0 Å². The van der Waals surface area contributed by atoms with Gasteiger partial charge in [-0.25, -0.2) is 9.59 Å². The number of nitrogens with one attached hydrogen (secondary N) is 1. The number of urea groups is 1. The van der Waals surface area contributed by atoms with E-state index in [2.05, 4.69) is 5.32 Å². The molecule has 1 atom stereocenters. The second-order valence-electron chi connectivity index (χ2n) is 3.50. The van der Waals surface area contributed by atoms with Crippen LogP contribution in [0, 0.1) is 0 Å². The lowest BCUT2D eigenvalue weighted by Crippen LogP contribution is -2.40. The van der Waals surface area contributed by atoms with Crippen LogP contribution in [0.5, 0.6) is 0 Å². The molecule has 1 aliphatic heterocycles. The van der Waals surface area contributed by atoms with Crippen LogP contribution in [0.1, 0.15) is 19.8 Å². The highest BCUT2D eigenvalue weighted by molar-refractivity contribution is 5.72. The van der Waals surface area contributed by atoms with Crippen molar-refractivity contribution in [1.82, 2.24) is 10.2 Å². The first-order valence-corrected chi connectivity index (χ1v) is 5.11. The molecule has 86 valence electrons. The first-order valence-electron chi connectivity index (χ1n) is 5.11. The number of nitrogens with zero attached hydrogens (tertiary/aromatic N) is 1. The lowest BCUT2D eigenvalue weighted by Gasteiger charge is -2.18. The number of cyclic esters (lactones) is 1. The van der Waals surface area contributed by atoms with Crippen molar-refractivity contribution in [2.75, 3.05) is 19.7 Å². The fourth-order valence-corrected chi connectivity index (χ4v) is 1.52. The lowest BCUT2D eigenvalue weighted by atomic mass is 10.1. The van der Waals surface area contributed by atoms with Crippen LogP contribution in [0.2, 0.25) is 0 Å². The zero-order valence-electron chi connectivity index (χ0n) is 8.86. The highest BCUT2D eigenvalue weighted by atomic mass is 16.6. The third-order valence-corrected chi connectivity index (χ3v) is 2.43. The van der Waals surface area contributed by atoms with E-state index in [1.54, 1.807) is 4.90 Å². The zero-order chi connectivity index (χ0) is 11.3. The van der Waals surface area contributed by atoms with Crippen LogP contribution in [0.15, 0.2) is 0 Å². The van der Waals surface area contributed by atoms with Crippen molar-refractivity contribution in [3.05, 3.63) is 0 Å². The Kier molecular flexibility index (Phi) is 4.20. The first-order chi connectivity index (χ1) is 7.13. The van der Waals surface area contributed by atoms with Gasteiger partial charge in [0.25, 0.3) is 0 Å². The van der Waals surface area contributed by atoms with E-state index in [1.165, 1.54) is 0 Å². The Balaban J connectivity index is 2.27. The quantitative estimate of drug-likeness (QED) is 0.690. The SMILES string of the molecule is CCC(CCN1CCOC1=O)NC(N)=O. The summed E-state index contributed by atoms with van der Waals surface area (Å²) in [5, 5.41) is 2.63. The largest absolute Gasteiger partial charge is 0.448 e. The number of carbonyl (C=O) groups is 2. The van der Waals surface area contributed by atoms with Gasteiger partial charge < -0.3 is 20.7 Å². The third kappa shape index (κ3) is 3.65. The van der Waals surface area contributed by atoms with Gasteiger partial charge in [0.2, 0.25) is 0 Å². The van der Waals surface area contributed by atoms with Crippen molar-refractivity contribution < 1.29 is 14.3 Å². The predicted octanol–water partition coefficient (Wildman–Crippen LogP) is 0.276. The molecule has 15 heavy (non-hydrogen) atoms. The van der Waals surface area contributed by atoms with E-state index in [4.69, 9.17) is 10.5 Å². The predicted molar refractivity (Wildman–Crippen MR) is 54.3 cm³/mol. The molecule has 0 aliphatic carbocycles. The minimum absolute atomic E-state index is 0.0240. The van der Waals surface area contributed by atoms with E-state index in [-0.39, 0.29) is 12.1 Å². The maximum atomic E-state index is 11.1. The van der Waals surface area contributed by atoms with Crippen molar-refractivity contribution in [2.24, 2.45) is 5.73 Å². The molecule has 6 heteroatoms. The van der Waals surface area contributed by atoms with Gasteiger partial charge in [-0.3, -0.25) is 0 Å². The molecule has 1 fully saturated rings. The maximum absolute atomic E-state index is 11.1. The summed E-state index contributed by atoms with van der Waals surface area (Å²) in [6.45, 7) is 3.64. The van der Waals surface area contributed by atoms with E-state index >= 15 is 0 Å². The Morgan fingerprint density at radius 1 is 1.73 bits per heavy atom. The minimum Gasteiger partial charge on any atom is -0.448 e. The molecule has 3 N–H and O–H groups in total. The van der Waals surface area contributed by atoms with Crippen molar-refractivity contribution in [1.29, 1.82) is 0 Å². The van der Waals surface area contributed by atoms with Gasteiger partial charge in [-0.1, -0.05) is 6.92 Å². The normalized spacial score (nSPS) is 17.4. The summed E-state index contributed by atoms with van der Waals surface area (Å²) in [6.07, 6.45) is 1.23. The number of ether oxygens (including phenoxy) is 1. The van der Waals surface area contributed by atoms with E-state index in [1.807, 2.05) is 6.92 Å². The molecule has 1 heterocycles. The third-order valence-electron chi connectivity index (χ3n) is 2.43. The number of nitrogens with two attached hydrogens (primary N) is 1. The van der Waals surface area contributed by atoms with E-state index in [0.717, 1.165) is 6.42 Å². The second-order valence-corrected chi connectivity index (χ2v) is 3.50. The van der Waals surface area contributed by atoms with Crippen LogP contribution in [-0.4, -0.2) is 42.8 Å². The summed E-state index contributed by atoms with van der Waals surface area (Å²) in [4.78, 5) is 23.4. The lowest BCUT2D eigenvalue weighted by molar-refractivity contribution is 0.157. The van der Waals surface area contributed by atoms with E-state index in [9.17, 15) is 9.59 Å². The average molecular weight is 215 g/mol. The number of hydrogen-bond donors (Lipinski definition) is 2. The molecule has 0 bridgehead atoms. The van der Waals surface area contributed by atoms with Crippen LogP contribution in [0.4, 0.5) is 9.59 Å². The molecule has 0 spiro atoms. The topological polar surface area (TPSA) is 84.7 Å². The van der Waals surface area contributed by atoms with Crippen molar-refractivity contribution >= 4 is 12.1 Å². The first kappa shape index (κ1) is 11.6. The summed E-state index contributed by atoms with van der Waals surface area (Å²) in [5.41, 5.74) is 5.02. The number of rotatable bonds is 5. The fraction of sp³-hybridized carbons (Fsp3) is 0.778. The Labute approximate surface area is 88.7 Å². The zero-order valence-corrected chi connectivity index (χ0v) is 8.86.